The number of aromatic nitrogens is 1. The number of carbonyl (C=O) groups is 1. The Bertz CT molecular complexity index is 616. The molecule has 98 valence electrons. The van der Waals surface area contributed by atoms with Gasteiger partial charge in [-0.1, -0.05) is 6.07 Å². The van der Waals surface area contributed by atoms with Crippen LogP contribution < -0.4 is 5.32 Å². The molecule has 0 atom stereocenters. The molecule has 5 heteroatoms. The Kier molecular flexibility index (Phi) is 4.93. The van der Waals surface area contributed by atoms with Crippen LogP contribution in [0.15, 0.2) is 41.0 Å². The number of amides is 1. The standard InChI is InChI=1S/C14H12BrIN2O/c1-9-3-2-6-17-13(9)8-14(19)18-12-5-4-10(16)7-11(12)15/h2-7H,8H2,1H3,(H,18,19). The summed E-state index contributed by atoms with van der Waals surface area (Å²) in [6, 6.07) is 9.62. The fourth-order valence-corrected chi connectivity index (χ4v) is 3.04. The highest BCUT2D eigenvalue weighted by Gasteiger charge is 2.09. The van der Waals surface area contributed by atoms with Crippen LogP contribution in [0, 0.1) is 10.5 Å². The zero-order chi connectivity index (χ0) is 13.8. The Morgan fingerprint density at radius 3 is 2.89 bits per heavy atom. The number of hydrogen-bond donors (Lipinski definition) is 1. The van der Waals surface area contributed by atoms with Crippen LogP contribution in [0.25, 0.3) is 0 Å². The summed E-state index contributed by atoms with van der Waals surface area (Å²) in [6.45, 7) is 1.95. The van der Waals surface area contributed by atoms with Crippen LogP contribution in [0.5, 0.6) is 0 Å². The third-order valence-corrected chi connectivity index (χ3v) is 3.98. The van der Waals surface area contributed by atoms with Crippen LogP contribution in [0.2, 0.25) is 0 Å². The van der Waals surface area contributed by atoms with E-state index in [1.54, 1.807) is 6.20 Å². The molecule has 0 aliphatic heterocycles. The summed E-state index contributed by atoms with van der Waals surface area (Å²) in [7, 11) is 0. The first-order valence-corrected chi connectivity index (χ1v) is 7.59. The molecule has 2 aromatic rings. The van der Waals surface area contributed by atoms with Crippen molar-refractivity contribution in [2.45, 2.75) is 13.3 Å². The molecule has 0 unspecified atom stereocenters. The first-order chi connectivity index (χ1) is 9.06. The predicted octanol–water partition coefficient (Wildman–Crippen LogP) is 3.94. The lowest BCUT2D eigenvalue weighted by molar-refractivity contribution is -0.115. The lowest BCUT2D eigenvalue weighted by Crippen LogP contribution is -2.16. The van der Waals surface area contributed by atoms with E-state index in [9.17, 15) is 4.79 Å². The lowest BCUT2D eigenvalue weighted by Gasteiger charge is -2.08. The molecule has 0 saturated heterocycles. The molecule has 1 heterocycles. The van der Waals surface area contributed by atoms with E-state index in [0.29, 0.717) is 0 Å². The largest absolute Gasteiger partial charge is 0.325 e. The van der Waals surface area contributed by atoms with Crippen molar-refractivity contribution in [1.29, 1.82) is 0 Å². The van der Waals surface area contributed by atoms with Gasteiger partial charge in [0.1, 0.15) is 0 Å². The first-order valence-electron chi connectivity index (χ1n) is 5.71. The summed E-state index contributed by atoms with van der Waals surface area (Å²) in [6.07, 6.45) is 1.99. The number of pyridine rings is 1. The molecule has 0 radical (unpaired) electrons. The minimum absolute atomic E-state index is 0.0660. The molecule has 0 fully saturated rings. The molecule has 0 saturated carbocycles. The maximum absolute atomic E-state index is 12.0. The highest BCUT2D eigenvalue weighted by atomic mass is 127. The van der Waals surface area contributed by atoms with Crippen molar-refractivity contribution in [3.63, 3.8) is 0 Å². The van der Waals surface area contributed by atoms with Gasteiger partial charge in [0.25, 0.3) is 0 Å². The molecule has 0 aliphatic carbocycles. The number of anilines is 1. The van der Waals surface area contributed by atoms with Gasteiger partial charge in [0.2, 0.25) is 5.91 Å². The van der Waals surface area contributed by atoms with Crippen LogP contribution in [0.4, 0.5) is 5.69 Å². The van der Waals surface area contributed by atoms with Crippen LogP contribution in [0.1, 0.15) is 11.3 Å². The fourth-order valence-electron chi connectivity index (χ4n) is 1.64. The second-order valence-corrected chi connectivity index (χ2v) is 6.22. The Hall–Kier alpha value is -0.950. The van der Waals surface area contributed by atoms with Crippen molar-refractivity contribution in [2.75, 3.05) is 5.32 Å². The molecule has 1 aromatic heterocycles. The van der Waals surface area contributed by atoms with E-state index >= 15 is 0 Å². The second-order valence-electron chi connectivity index (χ2n) is 4.12. The molecule has 0 aliphatic rings. The summed E-state index contributed by atoms with van der Waals surface area (Å²) in [5.74, 6) is -0.0660. The van der Waals surface area contributed by atoms with Crippen LogP contribution >= 0.6 is 38.5 Å². The second kappa shape index (κ2) is 6.47. The molecule has 3 nitrogen and oxygen atoms in total. The van der Waals surface area contributed by atoms with Crippen molar-refractivity contribution in [3.8, 4) is 0 Å². The molecule has 0 bridgehead atoms. The van der Waals surface area contributed by atoms with Crippen LogP contribution in [-0.2, 0) is 11.2 Å². The van der Waals surface area contributed by atoms with Gasteiger partial charge in [0.05, 0.1) is 17.8 Å². The molecular weight excluding hydrogens is 419 g/mol. The molecule has 1 aromatic carbocycles. The number of nitrogens with one attached hydrogen (secondary N) is 1. The topological polar surface area (TPSA) is 42.0 Å². The number of hydrogen-bond acceptors (Lipinski definition) is 2. The Morgan fingerprint density at radius 2 is 2.21 bits per heavy atom. The molecule has 0 spiro atoms. The van der Waals surface area contributed by atoms with Crippen molar-refractivity contribution >= 4 is 50.1 Å². The quantitative estimate of drug-likeness (QED) is 0.749. The maximum Gasteiger partial charge on any atom is 0.230 e. The first kappa shape index (κ1) is 14.5. The van der Waals surface area contributed by atoms with E-state index in [2.05, 4.69) is 48.8 Å². The van der Waals surface area contributed by atoms with Gasteiger partial charge in [-0.3, -0.25) is 9.78 Å². The Morgan fingerprint density at radius 1 is 1.42 bits per heavy atom. The summed E-state index contributed by atoms with van der Waals surface area (Å²) in [4.78, 5) is 16.2. The van der Waals surface area contributed by atoms with Crippen molar-refractivity contribution in [2.24, 2.45) is 0 Å². The number of nitrogens with zero attached hydrogens (tertiary/aromatic N) is 1. The van der Waals surface area contributed by atoms with Gasteiger partial charge >= 0.3 is 0 Å². The zero-order valence-corrected chi connectivity index (χ0v) is 14.0. The van der Waals surface area contributed by atoms with E-state index in [4.69, 9.17) is 0 Å². The van der Waals surface area contributed by atoms with Crippen LogP contribution in [-0.4, -0.2) is 10.9 Å². The number of carbonyl (C=O) groups excluding carboxylic acids is 1. The average molecular weight is 431 g/mol. The smallest absolute Gasteiger partial charge is 0.230 e. The van der Waals surface area contributed by atoms with E-state index in [0.717, 1.165) is 25.0 Å². The van der Waals surface area contributed by atoms with Crippen LogP contribution in [0.3, 0.4) is 0 Å². The van der Waals surface area contributed by atoms with E-state index in [1.165, 1.54) is 0 Å². The van der Waals surface area contributed by atoms with Gasteiger partial charge in [0.15, 0.2) is 0 Å². The Labute approximate surface area is 134 Å². The van der Waals surface area contributed by atoms with Gasteiger partial charge in [0, 0.05) is 14.2 Å². The lowest BCUT2D eigenvalue weighted by atomic mass is 10.1. The third-order valence-electron chi connectivity index (χ3n) is 2.65. The number of aryl methyl sites for hydroxylation is 1. The Balaban J connectivity index is 2.08. The highest BCUT2D eigenvalue weighted by molar-refractivity contribution is 14.1. The van der Waals surface area contributed by atoms with Gasteiger partial charge in [-0.15, -0.1) is 0 Å². The number of halogens is 2. The average Bonchev–Trinajstić information content (AvgIpc) is 2.36. The molecule has 2 rings (SSSR count). The predicted molar refractivity (Wildman–Crippen MR) is 88.2 cm³/mol. The van der Waals surface area contributed by atoms with Crippen molar-refractivity contribution in [3.05, 3.63) is 55.8 Å². The normalized spacial score (nSPS) is 10.3. The van der Waals surface area contributed by atoms with Crippen molar-refractivity contribution < 1.29 is 4.79 Å². The van der Waals surface area contributed by atoms with Crippen molar-refractivity contribution in [1.82, 2.24) is 4.98 Å². The van der Waals surface area contributed by atoms with E-state index in [1.807, 2.05) is 37.3 Å². The van der Waals surface area contributed by atoms with E-state index < -0.39 is 0 Å². The van der Waals surface area contributed by atoms with Gasteiger partial charge in [-0.2, -0.15) is 0 Å². The SMILES string of the molecule is Cc1cccnc1CC(=O)Nc1ccc(I)cc1Br. The number of benzene rings is 1. The molecule has 1 amide bonds. The highest BCUT2D eigenvalue weighted by Crippen LogP contribution is 2.24. The molecule has 19 heavy (non-hydrogen) atoms. The molecule has 1 N–H and O–H groups in total. The molecular formula is C14H12BrIN2O. The summed E-state index contributed by atoms with van der Waals surface area (Å²) < 4.78 is 1.99. The fraction of sp³-hybridized carbons (Fsp3) is 0.143. The summed E-state index contributed by atoms with van der Waals surface area (Å²) in [5, 5.41) is 2.88. The maximum atomic E-state index is 12.0. The van der Waals surface area contributed by atoms with Gasteiger partial charge in [-0.25, -0.2) is 0 Å². The van der Waals surface area contributed by atoms with E-state index in [-0.39, 0.29) is 12.3 Å². The minimum Gasteiger partial charge on any atom is -0.325 e. The minimum atomic E-state index is -0.0660. The summed E-state index contributed by atoms with van der Waals surface area (Å²) >= 11 is 5.67. The number of rotatable bonds is 3. The van der Waals surface area contributed by atoms with Gasteiger partial charge < -0.3 is 5.32 Å². The monoisotopic (exact) mass is 430 g/mol. The zero-order valence-electron chi connectivity index (χ0n) is 10.3. The summed E-state index contributed by atoms with van der Waals surface area (Å²) in [5.41, 5.74) is 2.61. The third kappa shape index (κ3) is 4.01. The van der Waals surface area contributed by atoms with Gasteiger partial charge in [-0.05, 0) is 75.3 Å².